The first kappa shape index (κ1) is 16.7. The van der Waals surface area contributed by atoms with Gasteiger partial charge in [-0.1, -0.05) is 24.4 Å². The molecule has 1 saturated heterocycles. The van der Waals surface area contributed by atoms with E-state index in [1.165, 1.54) is 31.7 Å². The van der Waals surface area contributed by atoms with Crippen LogP contribution < -0.4 is 4.72 Å². The molecule has 1 fully saturated rings. The van der Waals surface area contributed by atoms with Gasteiger partial charge in [0.05, 0.1) is 9.92 Å². The van der Waals surface area contributed by atoms with Gasteiger partial charge in [0.25, 0.3) is 0 Å². The van der Waals surface area contributed by atoms with Gasteiger partial charge in [0.15, 0.2) is 0 Å². The third-order valence-corrected chi connectivity index (χ3v) is 5.37. The Morgan fingerprint density at radius 2 is 1.86 bits per heavy atom. The molecule has 0 unspecified atom stereocenters. The van der Waals surface area contributed by atoms with Crippen molar-refractivity contribution in [2.75, 3.05) is 26.2 Å². The van der Waals surface area contributed by atoms with Crippen LogP contribution >= 0.6 is 11.6 Å². The maximum atomic E-state index is 13.1. The topological polar surface area (TPSA) is 49.4 Å². The van der Waals surface area contributed by atoms with E-state index in [0.29, 0.717) is 13.1 Å². The van der Waals surface area contributed by atoms with E-state index in [4.69, 9.17) is 11.6 Å². The van der Waals surface area contributed by atoms with Gasteiger partial charge < -0.3 is 4.90 Å². The van der Waals surface area contributed by atoms with Crippen LogP contribution in [0.3, 0.4) is 0 Å². The summed E-state index contributed by atoms with van der Waals surface area (Å²) in [6.45, 7) is 3.07. The van der Waals surface area contributed by atoms with E-state index < -0.39 is 15.8 Å². The smallest absolute Gasteiger partial charge is 0.240 e. The molecule has 1 aliphatic heterocycles. The first-order valence-electron chi connectivity index (χ1n) is 7.16. The predicted octanol–water partition coefficient (Wildman–Crippen LogP) is 2.63. The van der Waals surface area contributed by atoms with Crippen LogP contribution in [0.1, 0.15) is 25.7 Å². The predicted molar refractivity (Wildman–Crippen MR) is 81.5 cm³/mol. The van der Waals surface area contributed by atoms with Crippen LogP contribution in [0.25, 0.3) is 0 Å². The Hall–Kier alpha value is -0.690. The molecular formula is C14H20ClFN2O2S. The lowest BCUT2D eigenvalue weighted by Crippen LogP contribution is -2.35. The highest BCUT2D eigenvalue weighted by Gasteiger charge is 2.16. The molecular weight excluding hydrogens is 315 g/mol. The molecule has 0 bridgehead atoms. The summed E-state index contributed by atoms with van der Waals surface area (Å²) >= 11 is 5.62. The zero-order chi connectivity index (χ0) is 15.3. The van der Waals surface area contributed by atoms with E-state index in [9.17, 15) is 12.8 Å². The van der Waals surface area contributed by atoms with Gasteiger partial charge in [0.2, 0.25) is 10.0 Å². The molecule has 2 rings (SSSR count). The molecule has 0 aromatic heterocycles. The highest BCUT2D eigenvalue weighted by atomic mass is 35.5. The molecule has 0 aliphatic carbocycles. The third-order valence-electron chi connectivity index (χ3n) is 3.62. The molecule has 1 aromatic rings. The van der Waals surface area contributed by atoms with Gasteiger partial charge in [0.1, 0.15) is 5.82 Å². The average Bonchev–Trinajstić information content (AvgIpc) is 2.70. The Morgan fingerprint density at radius 3 is 2.48 bits per heavy atom. The molecule has 1 heterocycles. The zero-order valence-corrected chi connectivity index (χ0v) is 13.4. The van der Waals surface area contributed by atoms with Crippen molar-refractivity contribution in [1.29, 1.82) is 0 Å². The number of rotatable bonds is 5. The molecule has 4 nitrogen and oxygen atoms in total. The Balaban J connectivity index is 1.90. The lowest BCUT2D eigenvalue weighted by Gasteiger charge is -2.19. The number of nitrogens with zero attached hydrogens (tertiary/aromatic N) is 1. The van der Waals surface area contributed by atoms with Gasteiger partial charge in [0, 0.05) is 13.1 Å². The summed E-state index contributed by atoms with van der Waals surface area (Å²) in [5.74, 6) is -0.625. The number of nitrogens with one attached hydrogen (secondary N) is 1. The van der Waals surface area contributed by atoms with Crippen LogP contribution in [-0.2, 0) is 10.0 Å². The highest BCUT2D eigenvalue weighted by molar-refractivity contribution is 7.89. The van der Waals surface area contributed by atoms with Crippen LogP contribution in [0.5, 0.6) is 0 Å². The van der Waals surface area contributed by atoms with Crippen molar-refractivity contribution in [2.24, 2.45) is 0 Å². The summed E-state index contributed by atoms with van der Waals surface area (Å²) in [5, 5.41) is -0.189. The van der Waals surface area contributed by atoms with E-state index in [1.54, 1.807) is 0 Å². The Morgan fingerprint density at radius 1 is 1.19 bits per heavy atom. The maximum absolute atomic E-state index is 13.1. The highest BCUT2D eigenvalue weighted by Crippen LogP contribution is 2.19. The van der Waals surface area contributed by atoms with Gasteiger partial charge in [-0.25, -0.2) is 17.5 Å². The number of likely N-dealkylation sites (tertiary alicyclic amines) is 1. The van der Waals surface area contributed by atoms with E-state index in [0.717, 1.165) is 25.2 Å². The summed E-state index contributed by atoms with van der Waals surface area (Å²) in [6, 6.07) is 3.41. The summed E-state index contributed by atoms with van der Waals surface area (Å²) in [5.41, 5.74) is 0. The molecule has 1 aliphatic rings. The fourth-order valence-corrected chi connectivity index (χ4v) is 3.72. The SMILES string of the molecule is O=S(=O)(NCCN1CCCCCC1)c1ccc(F)c(Cl)c1. The summed E-state index contributed by atoms with van der Waals surface area (Å²) in [7, 11) is -3.64. The lowest BCUT2D eigenvalue weighted by molar-refractivity contribution is 0.290. The van der Waals surface area contributed by atoms with Gasteiger partial charge in [-0.05, 0) is 44.1 Å². The largest absolute Gasteiger partial charge is 0.302 e. The molecule has 0 spiro atoms. The van der Waals surface area contributed by atoms with E-state index in [-0.39, 0.29) is 9.92 Å². The molecule has 1 aromatic carbocycles. The summed E-state index contributed by atoms with van der Waals surface area (Å²) in [6.07, 6.45) is 4.83. The Kier molecular flexibility index (Phi) is 5.98. The average molecular weight is 335 g/mol. The van der Waals surface area contributed by atoms with Gasteiger partial charge in [-0.2, -0.15) is 0 Å². The first-order valence-corrected chi connectivity index (χ1v) is 9.02. The maximum Gasteiger partial charge on any atom is 0.240 e. The van der Waals surface area contributed by atoms with Crippen LogP contribution in [0.2, 0.25) is 5.02 Å². The van der Waals surface area contributed by atoms with Crippen molar-refractivity contribution in [3.05, 3.63) is 29.0 Å². The van der Waals surface area contributed by atoms with Crippen LogP contribution in [0.15, 0.2) is 23.1 Å². The fraction of sp³-hybridized carbons (Fsp3) is 0.571. The standard InChI is InChI=1S/C14H20ClFN2O2S/c15-13-11-12(5-6-14(13)16)21(19,20)17-7-10-18-8-3-1-2-4-9-18/h5-6,11,17H,1-4,7-10H2. The number of hydrogen-bond acceptors (Lipinski definition) is 3. The van der Waals surface area contributed by atoms with Crippen molar-refractivity contribution in [3.8, 4) is 0 Å². The number of benzene rings is 1. The van der Waals surface area contributed by atoms with Gasteiger partial charge >= 0.3 is 0 Å². The molecule has 0 amide bonds. The van der Waals surface area contributed by atoms with E-state index in [1.807, 2.05) is 0 Å². The van der Waals surface area contributed by atoms with E-state index >= 15 is 0 Å². The third kappa shape index (κ3) is 4.92. The second-order valence-electron chi connectivity index (χ2n) is 5.23. The molecule has 0 saturated carbocycles. The minimum atomic E-state index is -3.64. The number of sulfonamides is 1. The second-order valence-corrected chi connectivity index (χ2v) is 7.40. The minimum Gasteiger partial charge on any atom is -0.302 e. The Labute approximate surface area is 130 Å². The van der Waals surface area contributed by atoms with Gasteiger partial charge in [-0.15, -0.1) is 0 Å². The number of halogens is 2. The minimum absolute atomic E-state index is 0.00948. The lowest BCUT2D eigenvalue weighted by atomic mass is 10.2. The quantitative estimate of drug-likeness (QED) is 0.900. The normalized spacial score (nSPS) is 17.6. The number of hydrogen-bond donors (Lipinski definition) is 1. The van der Waals surface area contributed by atoms with Gasteiger partial charge in [-0.3, -0.25) is 0 Å². The summed E-state index contributed by atoms with van der Waals surface area (Å²) < 4.78 is 39.8. The van der Waals surface area contributed by atoms with Crippen LogP contribution in [0.4, 0.5) is 4.39 Å². The fourth-order valence-electron chi connectivity index (χ4n) is 2.43. The Bertz CT molecular complexity index is 572. The van der Waals surface area contributed by atoms with Crippen molar-refractivity contribution >= 4 is 21.6 Å². The van der Waals surface area contributed by atoms with Crippen molar-refractivity contribution in [1.82, 2.24) is 9.62 Å². The molecule has 118 valence electrons. The molecule has 0 atom stereocenters. The van der Waals surface area contributed by atoms with E-state index in [2.05, 4.69) is 9.62 Å². The molecule has 7 heteroatoms. The molecule has 21 heavy (non-hydrogen) atoms. The van der Waals surface area contributed by atoms with Crippen molar-refractivity contribution in [3.63, 3.8) is 0 Å². The van der Waals surface area contributed by atoms with Crippen LogP contribution in [-0.4, -0.2) is 39.5 Å². The van der Waals surface area contributed by atoms with Crippen LogP contribution in [0, 0.1) is 5.82 Å². The first-order chi connectivity index (χ1) is 9.99. The monoisotopic (exact) mass is 334 g/mol. The summed E-state index contributed by atoms with van der Waals surface area (Å²) in [4.78, 5) is 2.26. The molecule has 1 N–H and O–H groups in total. The zero-order valence-electron chi connectivity index (χ0n) is 11.8. The van der Waals surface area contributed by atoms with Crippen molar-refractivity contribution < 1.29 is 12.8 Å². The molecule has 0 radical (unpaired) electrons. The second kappa shape index (κ2) is 7.54. The van der Waals surface area contributed by atoms with Crippen molar-refractivity contribution in [2.45, 2.75) is 30.6 Å².